The van der Waals surface area contributed by atoms with E-state index in [-0.39, 0.29) is 12.5 Å². The van der Waals surface area contributed by atoms with Crippen LogP contribution in [-0.4, -0.2) is 17.6 Å². The second-order valence-corrected chi connectivity index (χ2v) is 5.32. The third-order valence-corrected chi connectivity index (χ3v) is 3.44. The van der Waals surface area contributed by atoms with E-state index in [1.807, 2.05) is 44.2 Å². The van der Waals surface area contributed by atoms with Crippen LogP contribution in [0.4, 0.5) is 5.69 Å². The van der Waals surface area contributed by atoms with Crippen LogP contribution in [0.1, 0.15) is 29.7 Å². The van der Waals surface area contributed by atoms with Crippen molar-refractivity contribution >= 4 is 11.6 Å². The van der Waals surface area contributed by atoms with Gasteiger partial charge in [-0.15, -0.1) is 0 Å². The second kappa shape index (κ2) is 7.09. The Kier molecular flexibility index (Phi) is 5.17. The van der Waals surface area contributed by atoms with E-state index < -0.39 is 6.10 Å². The minimum Gasteiger partial charge on any atom is -0.483 e. The average molecular weight is 299 g/mol. The van der Waals surface area contributed by atoms with E-state index in [1.165, 1.54) is 0 Å². The van der Waals surface area contributed by atoms with Crippen LogP contribution in [0.15, 0.2) is 42.5 Å². The first-order valence-corrected chi connectivity index (χ1v) is 7.25. The largest absolute Gasteiger partial charge is 0.483 e. The maximum absolute atomic E-state index is 12.1. The summed E-state index contributed by atoms with van der Waals surface area (Å²) in [6.07, 6.45) is -0.643. The fourth-order valence-corrected chi connectivity index (χ4v) is 2.33. The molecule has 0 bridgehead atoms. The topological polar surface area (TPSA) is 58.6 Å². The van der Waals surface area contributed by atoms with Gasteiger partial charge in [0, 0.05) is 11.3 Å². The summed E-state index contributed by atoms with van der Waals surface area (Å²) in [4.78, 5) is 12.1. The molecule has 0 saturated carbocycles. The van der Waals surface area contributed by atoms with Crippen molar-refractivity contribution in [3.8, 4) is 5.75 Å². The van der Waals surface area contributed by atoms with Crippen LogP contribution in [0.5, 0.6) is 5.75 Å². The number of aliphatic hydroxyl groups excluding tert-OH is 1. The Morgan fingerprint density at radius 2 is 1.77 bits per heavy atom. The predicted octanol–water partition coefficient (Wildman–Crippen LogP) is 3.37. The maximum Gasteiger partial charge on any atom is 0.262 e. The lowest BCUT2D eigenvalue weighted by atomic mass is 10.1. The van der Waals surface area contributed by atoms with E-state index in [0.29, 0.717) is 11.3 Å². The SMILES string of the molecule is Cc1cccc(C)c1OCC(=O)Nc1ccccc1C(C)O. The Morgan fingerprint density at radius 1 is 1.14 bits per heavy atom. The number of hydrogen-bond donors (Lipinski definition) is 2. The van der Waals surface area contributed by atoms with Crippen LogP contribution in [0.2, 0.25) is 0 Å². The fraction of sp³-hybridized carbons (Fsp3) is 0.278. The molecule has 0 aromatic heterocycles. The molecule has 0 aliphatic carbocycles. The molecule has 2 aromatic rings. The van der Waals surface area contributed by atoms with Crippen molar-refractivity contribution in [3.05, 3.63) is 59.2 Å². The first-order chi connectivity index (χ1) is 10.5. The molecule has 0 aliphatic rings. The normalized spacial score (nSPS) is 11.8. The van der Waals surface area contributed by atoms with Crippen LogP contribution in [0.25, 0.3) is 0 Å². The summed E-state index contributed by atoms with van der Waals surface area (Å²) in [5, 5.41) is 12.5. The lowest BCUT2D eigenvalue weighted by Gasteiger charge is -2.14. The van der Waals surface area contributed by atoms with E-state index in [0.717, 1.165) is 16.9 Å². The van der Waals surface area contributed by atoms with Gasteiger partial charge in [-0.2, -0.15) is 0 Å². The molecule has 4 nitrogen and oxygen atoms in total. The minimum absolute atomic E-state index is 0.0696. The number of nitrogens with one attached hydrogen (secondary N) is 1. The van der Waals surface area contributed by atoms with Gasteiger partial charge in [-0.1, -0.05) is 36.4 Å². The number of rotatable bonds is 5. The molecule has 22 heavy (non-hydrogen) atoms. The number of ether oxygens (including phenoxy) is 1. The van der Waals surface area contributed by atoms with Gasteiger partial charge in [0.1, 0.15) is 5.75 Å². The molecule has 116 valence electrons. The van der Waals surface area contributed by atoms with Gasteiger partial charge in [0.2, 0.25) is 0 Å². The quantitative estimate of drug-likeness (QED) is 0.890. The van der Waals surface area contributed by atoms with Gasteiger partial charge in [0.25, 0.3) is 5.91 Å². The summed E-state index contributed by atoms with van der Waals surface area (Å²) in [6.45, 7) is 5.49. The second-order valence-electron chi connectivity index (χ2n) is 5.32. The van der Waals surface area contributed by atoms with E-state index in [1.54, 1.807) is 19.1 Å². The molecule has 0 aliphatic heterocycles. The van der Waals surface area contributed by atoms with Crippen molar-refractivity contribution in [3.63, 3.8) is 0 Å². The molecule has 0 fully saturated rings. The maximum atomic E-state index is 12.1. The van der Waals surface area contributed by atoms with Crippen molar-refractivity contribution in [2.24, 2.45) is 0 Å². The zero-order valence-electron chi connectivity index (χ0n) is 13.1. The first kappa shape index (κ1) is 16.0. The Bertz CT molecular complexity index is 645. The summed E-state index contributed by atoms with van der Waals surface area (Å²) in [7, 11) is 0. The molecule has 2 aromatic carbocycles. The van der Waals surface area contributed by atoms with Gasteiger partial charge in [0.05, 0.1) is 6.10 Å². The molecule has 0 spiro atoms. The zero-order chi connectivity index (χ0) is 16.1. The number of aliphatic hydroxyl groups is 1. The van der Waals surface area contributed by atoms with Crippen LogP contribution in [0.3, 0.4) is 0 Å². The van der Waals surface area contributed by atoms with Crippen LogP contribution in [0, 0.1) is 13.8 Å². The number of carbonyl (C=O) groups is 1. The van der Waals surface area contributed by atoms with Gasteiger partial charge < -0.3 is 15.2 Å². The Labute approximate surface area is 130 Å². The molecular formula is C18H21NO3. The Balaban J connectivity index is 2.02. The average Bonchev–Trinajstić information content (AvgIpc) is 2.47. The van der Waals surface area contributed by atoms with Gasteiger partial charge in [-0.3, -0.25) is 4.79 Å². The van der Waals surface area contributed by atoms with Crippen molar-refractivity contribution in [2.45, 2.75) is 26.9 Å². The molecule has 4 heteroatoms. The highest BCUT2D eigenvalue weighted by atomic mass is 16.5. The molecule has 2 rings (SSSR count). The van der Waals surface area contributed by atoms with E-state index in [9.17, 15) is 9.90 Å². The summed E-state index contributed by atoms with van der Waals surface area (Å²) in [6, 6.07) is 13.0. The molecule has 0 heterocycles. The highest BCUT2D eigenvalue weighted by molar-refractivity contribution is 5.92. The summed E-state index contributed by atoms with van der Waals surface area (Å²) in [5.41, 5.74) is 3.28. The van der Waals surface area contributed by atoms with Crippen molar-refractivity contribution in [1.29, 1.82) is 0 Å². The number of aryl methyl sites for hydroxylation is 2. The van der Waals surface area contributed by atoms with Crippen LogP contribution >= 0.6 is 0 Å². The van der Waals surface area contributed by atoms with Gasteiger partial charge >= 0.3 is 0 Å². The summed E-state index contributed by atoms with van der Waals surface area (Å²) in [5.74, 6) is 0.484. The third kappa shape index (κ3) is 3.86. The van der Waals surface area contributed by atoms with E-state index in [2.05, 4.69) is 5.32 Å². The molecule has 2 N–H and O–H groups in total. The molecular weight excluding hydrogens is 278 g/mol. The standard InChI is InChI=1S/C18H21NO3/c1-12-7-6-8-13(2)18(12)22-11-17(21)19-16-10-5-4-9-15(16)14(3)20/h4-10,14,20H,11H2,1-3H3,(H,19,21). The van der Waals surface area contributed by atoms with Crippen LogP contribution in [-0.2, 0) is 4.79 Å². The Morgan fingerprint density at radius 3 is 2.41 bits per heavy atom. The lowest BCUT2D eigenvalue weighted by Crippen LogP contribution is -2.21. The first-order valence-electron chi connectivity index (χ1n) is 7.25. The van der Waals surface area contributed by atoms with Crippen molar-refractivity contribution in [1.82, 2.24) is 0 Å². The van der Waals surface area contributed by atoms with Crippen LogP contribution < -0.4 is 10.1 Å². The van der Waals surface area contributed by atoms with Crippen molar-refractivity contribution in [2.75, 3.05) is 11.9 Å². The number of anilines is 1. The fourth-order valence-electron chi connectivity index (χ4n) is 2.33. The molecule has 1 unspecified atom stereocenters. The summed E-state index contributed by atoms with van der Waals surface area (Å²) >= 11 is 0. The lowest BCUT2D eigenvalue weighted by molar-refractivity contribution is -0.118. The highest BCUT2D eigenvalue weighted by Crippen LogP contribution is 2.23. The van der Waals surface area contributed by atoms with E-state index in [4.69, 9.17) is 4.74 Å². The number of para-hydroxylation sites is 2. The van der Waals surface area contributed by atoms with Gasteiger partial charge in [-0.05, 0) is 38.0 Å². The Hall–Kier alpha value is -2.33. The minimum atomic E-state index is -0.643. The summed E-state index contributed by atoms with van der Waals surface area (Å²) < 4.78 is 5.63. The molecule has 1 amide bonds. The monoisotopic (exact) mass is 299 g/mol. The van der Waals surface area contributed by atoms with Gasteiger partial charge in [0.15, 0.2) is 6.61 Å². The zero-order valence-corrected chi connectivity index (χ0v) is 13.1. The molecule has 0 radical (unpaired) electrons. The number of carbonyl (C=O) groups excluding carboxylic acids is 1. The predicted molar refractivity (Wildman–Crippen MR) is 87.1 cm³/mol. The number of amides is 1. The smallest absolute Gasteiger partial charge is 0.262 e. The van der Waals surface area contributed by atoms with Crippen molar-refractivity contribution < 1.29 is 14.6 Å². The van der Waals surface area contributed by atoms with E-state index >= 15 is 0 Å². The number of benzene rings is 2. The highest BCUT2D eigenvalue weighted by Gasteiger charge is 2.11. The molecule has 1 atom stereocenters. The third-order valence-electron chi connectivity index (χ3n) is 3.44. The number of hydrogen-bond acceptors (Lipinski definition) is 3. The van der Waals surface area contributed by atoms with Gasteiger partial charge in [-0.25, -0.2) is 0 Å². The molecule has 0 saturated heterocycles.